The van der Waals surface area contributed by atoms with Gasteiger partial charge in [-0.2, -0.15) is 0 Å². The van der Waals surface area contributed by atoms with Crippen LogP contribution in [0, 0.1) is 0 Å². The van der Waals surface area contributed by atoms with Crippen LogP contribution in [-0.2, 0) is 6.42 Å². The predicted molar refractivity (Wildman–Crippen MR) is 87.2 cm³/mol. The highest BCUT2D eigenvalue weighted by Gasteiger charge is 2.11. The Labute approximate surface area is 127 Å². The molecule has 0 aliphatic rings. The maximum Gasteiger partial charge on any atom is 0.0453 e. The molecule has 0 aliphatic carbocycles. The van der Waals surface area contributed by atoms with Crippen molar-refractivity contribution >= 4 is 11.6 Å². The SMILES string of the molecule is CC(CCc1ccccc1)N[C@@H](C)c1ccccc1Cl. The molecule has 0 heterocycles. The molecule has 2 atom stereocenters. The molecule has 1 nitrogen and oxygen atoms in total. The van der Waals surface area contributed by atoms with Crippen molar-refractivity contribution in [3.05, 3.63) is 70.7 Å². The van der Waals surface area contributed by atoms with Crippen LogP contribution in [0.2, 0.25) is 5.02 Å². The first-order chi connectivity index (χ1) is 9.66. The lowest BCUT2D eigenvalue weighted by Crippen LogP contribution is -2.29. The summed E-state index contributed by atoms with van der Waals surface area (Å²) in [6, 6.07) is 19.4. The largest absolute Gasteiger partial charge is 0.308 e. The van der Waals surface area contributed by atoms with Gasteiger partial charge in [0.25, 0.3) is 0 Å². The molecule has 2 heteroatoms. The second kappa shape index (κ2) is 7.47. The van der Waals surface area contributed by atoms with Crippen LogP contribution in [0.25, 0.3) is 0 Å². The molecule has 0 spiro atoms. The summed E-state index contributed by atoms with van der Waals surface area (Å²) >= 11 is 6.24. The van der Waals surface area contributed by atoms with E-state index in [0.29, 0.717) is 6.04 Å². The van der Waals surface area contributed by atoms with Gasteiger partial charge in [0.1, 0.15) is 0 Å². The standard InChI is InChI=1S/C18H22ClN/c1-14(12-13-16-8-4-3-5-9-16)20-15(2)17-10-6-7-11-18(17)19/h3-11,14-15,20H,12-13H2,1-2H3/t14?,15-/m0/s1. The van der Waals surface area contributed by atoms with Gasteiger partial charge >= 0.3 is 0 Å². The number of benzene rings is 2. The minimum atomic E-state index is 0.273. The average molecular weight is 288 g/mol. The smallest absolute Gasteiger partial charge is 0.0453 e. The lowest BCUT2D eigenvalue weighted by atomic mass is 10.0. The van der Waals surface area contributed by atoms with Crippen molar-refractivity contribution in [3.8, 4) is 0 Å². The normalized spacial score (nSPS) is 13.9. The number of halogens is 1. The van der Waals surface area contributed by atoms with E-state index in [0.717, 1.165) is 17.9 Å². The van der Waals surface area contributed by atoms with Crippen molar-refractivity contribution in [1.82, 2.24) is 5.32 Å². The molecular weight excluding hydrogens is 266 g/mol. The zero-order chi connectivity index (χ0) is 14.4. The minimum absolute atomic E-state index is 0.273. The van der Waals surface area contributed by atoms with E-state index in [9.17, 15) is 0 Å². The molecule has 0 saturated heterocycles. The Morgan fingerprint density at radius 1 is 0.950 bits per heavy atom. The number of hydrogen-bond acceptors (Lipinski definition) is 1. The summed E-state index contributed by atoms with van der Waals surface area (Å²) in [5.41, 5.74) is 2.56. The van der Waals surface area contributed by atoms with Crippen molar-refractivity contribution in [2.45, 2.75) is 38.8 Å². The summed E-state index contributed by atoms with van der Waals surface area (Å²) in [6.07, 6.45) is 2.23. The predicted octanol–water partition coefficient (Wildman–Crippen LogP) is 5.01. The van der Waals surface area contributed by atoms with Crippen LogP contribution in [0.3, 0.4) is 0 Å². The van der Waals surface area contributed by atoms with Gasteiger partial charge in [-0.05, 0) is 43.9 Å². The lowest BCUT2D eigenvalue weighted by Gasteiger charge is -2.21. The van der Waals surface area contributed by atoms with Gasteiger partial charge in [0.15, 0.2) is 0 Å². The van der Waals surface area contributed by atoms with Crippen molar-refractivity contribution < 1.29 is 0 Å². The molecule has 0 saturated carbocycles. The minimum Gasteiger partial charge on any atom is -0.308 e. The molecule has 2 aromatic carbocycles. The zero-order valence-corrected chi connectivity index (χ0v) is 12.9. The second-order valence-electron chi connectivity index (χ2n) is 5.34. The van der Waals surface area contributed by atoms with Crippen molar-refractivity contribution in [2.75, 3.05) is 0 Å². The average Bonchev–Trinajstić information content (AvgIpc) is 2.46. The van der Waals surface area contributed by atoms with Crippen molar-refractivity contribution in [2.24, 2.45) is 0 Å². The van der Waals surface area contributed by atoms with Crippen molar-refractivity contribution in [1.29, 1.82) is 0 Å². The molecule has 1 N–H and O–H groups in total. The van der Waals surface area contributed by atoms with Crippen LogP contribution in [0.15, 0.2) is 54.6 Å². The number of rotatable bonds is 6. The van der Waals surface area contributed by atoms with Gasteiger partial charge in [0.2, 0.25) is 0 Å². The summed E-state index contributed by atoms with van der Waals surface area (Å²) in [5, 5.41) is 4.46. The maximum atomic E-state index is 6.24. The molecule has 0 aromatic heterocycles. The lowest BCUT2D eigenvalue weighted by molar-refractivity contribution is 0.456. The summed E-state index contributed by atoms with van der Waals surface area (Å²) in [7, 11) is 0. The fourth-order valence-electron chi connectivity index (χ4n) is 2.45. The van der Waals surface area contributed by atoms with E-state index in [1.54, 1.807) is 0 Å². The molecule has 106 valence electrons. The Kier molecular flexibility index (Phi) is 5.63. The third kappa shape index (κ3) is 4.36. The topological polar surface area (TPSA) is 12.0 Å². The van der Waals surface area contributed by atoms with Crippen LogP contribution in [0.1, 0.15) is 37.4 Å². The van der Waals surface area contributed by atoms with Gasteiger partial charge in [0.05, 0.1) is 0 Å². The number of aryl methyl sites for hydroxylation is 1. The molecule has 1 unspecified atom stereocenters. The Morgan fingerprint density at radius 3 is 2.30 bits per heavy atom. The quantitative estimate of drug-likeness (QED) is 0.787. The van der Waals surface area contributed by atoms with Gasteiger partial charge in [0, 0.05) is 17.1 Å². The van der Waals surface area contributed by atoms with E-state index in [1.165, 1.54) is 11.1 Å². The van der Waals surface area contributed by atoms with Crippen LogP contribution in [0.5, 0.6) is 0 Å². The monoisotopic (exact) mass is 287 g/mol. The third-order valence-electron chi connectivity index (χ3n) is 3.62. The van der Waals surface area contributed by atoms with Gasteiger partial charge in [-0.25, -0.2) is 0 Å². The molecular formula is C18H22ClN. The van der Waals surface area contributed by atoms with Crippen molar-refractivity contribution in [3.63, 3.8) is 0 Å². The molecule has 0 radical (unpaired) electrons. The van der Waals surface area contributed by atoms with E-state index >= 15 is 0 Å². The van der Waals surface area contributed by atoms with Gasteiger partial charge in [-0.3, -0.25) is 0 Å². The fourth-order valence-corrected chi connectivity index (χ4v) is 2.75. The summed E-state index contributed by atoms with van der Waals surface area (Å²) in [5.74, 6) is 0. The highest BCUT2D eigenvalue weighted by Crippen LogP contribution is 2.22. The van der Waals surface area contributed by atoms with E-state index in [-0.39, 0.29) is 6.04 Å². The highest BCUT2D eigenvalue weighted by atomic mass is 35.5. The van der Waals surface area contributed by atoms with Gasteiger partial charge < -0.3 is 5.32 Å². The molecule has 0 fully saturated rings. The maximum absolute atomic E-state index is 6.24. The summed E-state index contributed by atoms with van der Waals surface area (Å²) in [6.45, 7) is 4.40. The first-order valence-electron chi connectivity index (χ1n) is 7.21. The fraction of sp³-hybridized carbons (Fsp3) is 0.333. The molecule has 2 aromatic rings. The van der Waals surface area contributed by atoms with Gasteiger partial charge in [-0.15, -0.1) is 0 Å². The number of nitrogens with one attached hydrogen (secondary N) is 1. The van der Waals surface area contributed by atoms with Gasteiger partial charge in [-0.1, -0.05) is 60.1 Å². The van der Waals surface area contributed by atoms with E-state index < -0.39 is 0 Å². The van der Waals surface area contributed by atoms with Crippen LogP contribution in [0.4, 0.5) is 0 Å². The Bertz CT molecular complexity index is 524. The molecule has 20 heavy (non-hydrogen) atoms. The Morgan fingerprint density at radius 2 is 1.60 bits per heavy atom. The van der Waals surface area contributed by atoms with Crippen LogP contribution >= 0.6 is 11.6 Å². The van der Waals surface area contributed by atoms with E-state index in [4.69, 9.17) is 11.6 Å². The zero-order valence-electron chi connectivity index (χ0n) is 12.1. The second-order valence-corrected chi connectivity index (χ2v) is 5.74. The van der Waals surface area contributed by atoms with Crippen LogP contribution in [-0.4, -0.2) is 6.04 Å². The third-order valence-corrected chi connectivity index (χ3v) is 3.96. The highest BCUT2D eigenvalue weighted by molar-refractivity contribution is 6.31. The van der Waals surface area contributed by atoms with Crippen LogP contribution < -0.4 is 5.32 Å². The van der Waals surface area contributed by atoms with E-state index in [2.05, 4.69) is 55.6 Å². The number of hydrogen-bond donors (Lipinski definition) is 1. The molecule has 0 bridgehead atoms. The molecule has 0 amide bonds. The molecule has 2 rings (SSSR count). The Balaban J connectivity index is 1.85. The van der Waals surface area contributed by atoms with E-state index in [1.807, 2.05) is 18.2 Å². The summed E-state index contributed by atoms with van der Waals surface area (Å²) in [4.78, 5) is 0. The first-order valence-corrected chi connectivity index (χ1v) is 7.59. The first kappa shape index (κ1) is 15.1. The molecule has 0 aliphatic heterocycles. The Hall–Kier alpha value is -1.31. The summed E-state index contributed by atoms with van der Waals surface area (Å²) < 4.78 is 0.